The van der Waals surface area contributed by atoms with Gasteiger partial charge in [0.05, 0.1) is 25.9 Å². The van der Waals surface area contributed by atoms with Crippen LogP contribution < -0.4 is 5.32 Å². The molecule has 0 spiro atoms. The van der Waals surface area contributed by atoms with Crippen molar-refractivity contribution in [2.24, 2.45) is 0 Å². The number of hydrogen-bond acceptors (Lipinski definition) is 8. The largest absolute Gasteiger partial charge is 0.394 e. The average molecular weight is 321 g/mol. The Bertz CT molecular complexity index is 335. The molecule has 2 heterocycles. The Labute approximate surface area is 130 Å². The lowest BCUT2D eigenvalue weighted by atomic mass is 9.97. The van der Waals surface area contributed by atoms with E-state index in [9.17, 15) is 10.2 Å². The van der Waals surface area contributed by atoms with E-state index in [2.05, 4.69) is 5.32 Å². The monoisotopic (exact) mass is 321 g/mol. The fourth-order valence-electron chi connectivity index (χ4n) is 2.88. The fourth-order valence-corrected chi connectivity index (χ4v) is 2.88. The highest BCUT2D eigenvalue weighted by atomic mass is 16.7. The lowest BCUT2D eigenvalue weighted by Crippen LogP contribution is -2.63. The third kappa shape index (κ3) is 4.15. The summed E-state index contributed by atoms with van der Waals surface area (Å²) >= 11 is 0. The van der Waals surface area contributed by atoms with Crippen LogP contribution in [-0.4, -0.2) is 85.2 Å². The predicted octanol–water partition coefficient (Wildman–Crippen LogP) is -1.43. The molecule has 0 bridgehead atoms. The average Bonchev–Trinajstić information content (AvgIpc) is 2.94. The SMILES string of the molecule is CO[C@@H]1O[C@H](CO)[C@H](O)[C@H](O)[C@H]1NCCCC1(C)OCCO1. The maximum absolute atomic E-state index is 10.2. The zero-order valence-electron chi connectivity index (χ0n) is 13.1. The van der Waals surface area contributed by atoms with E-state index < -0.39 is 36.4 Å². The van der Waals surface area contributed by atoms with Crippen molar-refractivity contribution in [3.8, 4) is 0 Å². The summed E-state index contributed by atoms with van der Waals surface area (Å²) < 4.78 is 21.7. The Morgan fingerprint density at radius 1 is 1.23 bits per heavy atom. The molecule has 8 heteroatoms. The molecule has 0 aliphatic carbocycles. The number of aliphatic hydroxyl groups is 3. The highest BCUT2D eigenvalue weighted by Gasteiger charge is 2.44. The van der Waals surface area contributed by atoms with Gasteiger partial charge in [-0.2, -0.15) is 0 Å². The first-order chi connectivity index (χ1) is 10.5. The van der Waals surface area contributed by atoms with Gasteiger partial charge in [-0.05, 0) is 19.9 Å². The Hall–Kier alpha value is -0.320. The molecule has 22 heavy (non-hydrogen) atoms. The van der Waals surface area contributed by atoms with Crippen molar-refractivity contribution in [1.29, 1.82) is 0 Å². The second-order valence-electron chi connectivity index (χ2n) is 5.86. The molecule has 5 atom stereocenters. The molecular formula is C14H27NO7. The van der Waals surface area contributed by atoms with Crippen LogP contribution in [0.5, 0.6) is 0 Å². The lowest BCUT2D eigenvalue weighted by molar-refractivity contribution is -0.263. The third-order valence-electron chi connectivity index (χ3n) is 4.20. The predicted molar refractivity (Wildman–Crippen MR) is 76.1 cm³/mol. The molecule has 0 radical (unpaired) electrons. The van der Waals surface area contributed by atoms with Gasteiger partial charge in [0.2, 0.25) is 0 Å². The Kier molecular flexibility index (Phi) is 6.54. The van der Waals surface area contributed by atoms with Crippen LogP contribution in [0.2, 0.25) is 0 Å². The molecule has 0 aromatic heterocycles. The second kappa shape index (κ2) is 7.98. The van der Waals surface area contributed by atoms with E-state index in [4.69, 9.17) is 24.1 Å². The van der Waals surface area contributed by atoms with E-state index >= 15 is 0 Å². The minimum Gasteiger partial charge on any atom is -0.394 e. The molecule has 0 unspecified atom stereocenters. The first-order valence-electron chi connectivity index (χ1n) is 7.67. The fraction of sp³-hybridized carbons (Fsp3) is 1.00. The summed E-state index contributed by atoms with van der Waals surface area (Å²) in [6.07, 6.45) is -2.32. The summed E-state index contributed by atoms with van der Waals surface area (Å²) in [5.41, 5.74) is 0. The van der Waals surface area contributed by atoms with Gasteiger partial charge in [0.1, 0.15) is 18.3 Å². The topological polar surface area (TPSA) is 110 Å². The smallest absolute Gasteiger partial charge is 0.175 e. The zero-order chi connectivity index (χ0) is 16.2. The Balaban J connectivity index is 1.79. The van der Waals surface area contributed by atoms with Crippen LogP contribution in [0.25, 0.3) is 0 Å². The van der Waals surface area contributed by atoms with E-state index in [1.807, 2.05) is 6.92 Å². The molecule has 2 aliphatic rings. The molecule has 8 nitrogen and oxygen atoms in total. The van der Waals surface area contributed by atoms with Crippen molar-refractivity contribution in [1.82, 2.24) is 5.32 Å². The van der Waals surface area contributed by atoms with E-state index in [1.54, 1.807) is 0 Å². The van der Waals surface area contributed by atoms with Gasteiger partial charge in [-0.25, -0.2) is 0 Å². The summed E-state index contributed by atoms with van der Waals surface area (Å²) in [5.74, 6) is -0.536. The maximum Gasteiger partial charge on any atom is 0.175 e. The van der Waals surface area contributed by atoms with Crippen molar-refractivity contribution in [2.75, 3.05) is 33.5 Å². The van der Waals surface area contributed by atoms with Gasteiger partial charge in [0.25, 0.3) is 0 Å². The van der Waals surface area contributed by atoms with Crippen LogP contribution in [0.15, 0.2) is 0 Å². The summed E-state index contributed by atoms with van der Waals surface area (Å²) in [6, 6.07) is -0.568. The number of rotatable bonds is 7. The van der Waals surface area contributed by atoms with Crippen molar-refractivity contribution in [3.05, 3.63) is 0 Å². The lowest BCUT2D eigenvalue weighted by Gasteiger charge is -2.42. The number of methoxy groups -OCH3 is 1. The van der Waals surface area contributed by atoms with Crippen molar-refractivity contribution < 1.29 is 34.3 Å². The van der Waals surface area contributed by atoms with E-state index in [1.165, 1.54) is 7.11 Å². The zero-order valence-corrected chi connectivity index (χ0v) is 13.1. The summed E-state index contributed by atoms with van der Waals surface area (Å²) in [7, 11) is 1.46. The van der Waals surface area contributed by atoms with Gasteiger partial charge in [-0.15, -0.1) is 0 Å². The van der Waals surface area contributed by atoms with E-state index in [0.29, 0.717) is 19.8 Å². The minimum absolute atomic E-state index is 0.377. The molecule has 2 rings (SSSR count). The van der Waals surface area contributed by atoms with Crippen molar-refractivity contribution in [3.63, 3.8) is 0 Å². The summed E-state index contributed by atoms with van der Waals surface area (Å²) in [6.45, 7) is 3.34. The molecule has 0 amide bonds. The Morgan fingerprint density at radius 3 is 2.50 bits per heavy atom. The minimum atomic E-state index is -1.16. The van der Waals surface area contributed by atoms with E-state index in [-0.39, 0.29) is 6.61 Å². The van der Waals surface area contributed by atoms with Crippen LogP contribution in [-0.2, 0) is 18.9 Å². The highest BCUT2D eigenvalue weighted by Crippen LogP contribution is 2.24. The van der Waals surface area contributed by atoms with Crippen molar-refractivity contribution in [2.45, 2.75) is 56.2 Å². The van der Waals surface area contributed by atoms with Gasteiger partial charge in [-0.3, -0.25) is 0 Å². The van der Waals surface area contributed by atoms with Gasteiger partial charge >= 0.3 is 0 Å². The first-order valence-corrected chi connectivity index (χ1v) is 7.67. The molecule has 2 fully saturated rings. The number of aliphatic hydroxyl groups excluding tert-OH is 3. The first kappa shape index (κ1) is 18.0. The quantitative estimate of drug-likeness (QED) is 0.423. The summed E-state index contributed by atoms with van der Waals surface area (Å²) in [5, 5.41) is 32.4. The normalized spacial score (nSPS) is 38.3. The molecule has 2 saturated heterocycles. The summed E-state index contributed by atoms with van der Waals surface area (Å²) in [4.78, 5) is 0. The van der Waals surface area contributed by atoms with Gasteiger partial charge in [-0.1, -0.05) is 0 Å². The van der Waals surface area contributed by atoms with Gasteiger partial charge in [0, 0.05) is 13.5 Å². The molecule has 0 aromatic carbocycles. The van der Waals surface area contributed by atoms with Gasteiger partial charge in [0.15, 0.2) is 12.1 Å². The highest BCUT2D eigenvalue weighted by molar-refractivity contribution is 4.93. The number of ether oxygens (including phenoxy) is 4. The number of hydrogen-bond donors (Lipinski definition) is 4. The van der Waals surface area contributed by atoms with Crippen LogP contribution in [0.1, 0.15) is 19.8 Å². The van der Waals surface area contributed by atoms with Gasteiger partial charge < -0.3 is 39.6 Å². The molecular weight excluding hydrogens is 294 g/mol. The molecule has 0 aromatic rings. The van der Waals surface area contributed by atoms with Crippen molar-refractivity contribution >= 4 is 0 Å². The van der Waals surface area contributed by atoms with Crippen LogP contribution in [0, 0.1) is 0 Å². The second-order valence-corrected chi connectivity index (χ2v) is 5.86. The molecule has 130 valence electrons. The van der Waals surface area contributed by atoms with Crippen LogP contribution >= 0.6 is 0 Å². The maximum atomic E-state index is 10.2. The molecule has 4 N–H and O–H groups in total. The van der Waals surface area contributed by atoms with Crippen LogP contribution in [0.4, 0.5) is 0 Å². The van der Waals surface area contributed by atoms with Crippen LogP contribution in [0.3, 0.4) is 0 Å². The van der Waals surface area contributed by atoms with E-state index in [0.717, 1.165) is 12.8 Å². The third-order valence-corrected chi connectivity index (χ3v) is 4.20. The Morgan fingerprint density at radius 2 is 1.91 bits per heavy atom. The molecule has 0 saturated carbocycles. The molecule has 2 aliphatic heterocycles. The number of nitrogens with one attached hydrogen (secondary N) is 1. The standard InChI is InChI=1S/C14H27NO7/c1-14(20-6-7-21-14)4-3-5-15-10-12(18)11(17)9(8-16)22-13(10)19-2/h9-13,15-18H,3-8H2,1-2H3/t9-,10-,11+,12-,13-/m1/s1.